The number of hydrogen-bond acceptors (Lipinski definition) is 7. The van der Waals surface area contributed by atoms with Gasteiger partial charge in [-0.1, -0.05) is 67.6 Å². The molecule has 5 aromatic rings. The number of nitrogens with one attached hydrogen (secondary N) is 1. The molecule has 0 spiro atoms. The average molecular weight is 507 g/mol. The van der Waals surface area contributed by atoms with E-state index in [1.807, 2.05) is 74.5 Å². The second-order valence-corrected chi connectivity index (χ2v) is 8.80. The van der Waals surface area contributed by atoms with Crippen LogP contribution >= 0.6 is 0 Å². The van der Waals surface area contributed by atoms with Crippen LogP contribution in [0.3, 0.4) is 0 Å². The van der Waals surface area contributed by atoms with Gasteiger partial charge in [-0.15, -0.1) is 10.2 Å². The number of ether oxygens (including phenoxy) is 1. The van der Waals surface area contributed by atoms with Crippen molar-refractivity contribution < 1.29 is 14.6 Å². The molecule has 2 aromatic heterocycles. The van der Waals surface area contributed by atoms with Crippen molar-refractivity contribution in [3.05, 3.63) is 107 Å². The largest absolute Gasteiger partial charge is 0.478 e. The summed E-state index contributed by atoms with van der Waals surface area (Å²) in [6, 6.07) is 22.9. The zero-order valence-corrected chi connectivity index (χ0v) is 21.0. The van der Waals surface area contributed by atoms with Gasteiger partial charge in [-0.05, 0) is 52.9 Å². The maximum Gasteiger partial charge on any atom is 0.335 e. The van der Waals surface area contributed by atoms with Gasteiger partial charge in [0.2, 0.25) is 11.7 Å². The van der Waals surface area contributed by atoms with E-state index in [1.54, 1.807) is 12.1 Å². The number of rotatable bonds is 9. The third-order valence-corrected chi connectivity index (χ3v) is 6.24. The van der Waals surface area contributed by atoms with Gasteiger partial charge in [0.15, 0.2) is 0 Å². The lowest BCUT2D eigenvalue weighted by Gasteiger charge is -2.15. The van der Waals surface area contributed by atoms with Gasteiger partial charge in [0, 0.05) is 17.5 Å². The van der Waals surface area contributed by atoms with Crippen LogP contribution in [0.2, 0.25) is 0 Å². The van der Waals surface area contributed by atoms with Gasteiger partial charge in [0.05, 0.1) is 11.3 Å². The lowest BCUT2D eigenvalue weighted by Crippen LogP contribution is -2.08. The minimum absolute atomic E-state index is 0.254. The lowest BCUT2D eigenvalue weighted by atomic mass is 9.98. The Balaban J connectivity index is 1.36. The van der Waals surface area contributed by atoms with Gasteiger partial charge < -0.3 is 9.84 Å². The molecule has 0 radical (unpaired) electrons. The van der Waals surface area contributed by atoms with Crippen molar-refractivity contribution in [2.45, 2.75) is 33.3 Å². The van der Waals surface area contributed by atoms with Crippen molar-refractivity contribution in [2.75, 3.05) is 0 Å². The van der Waals surface area contributed by atoms with E-state index in [9.17, 15) is 9.90 Å². The second kappa shape index (κ2) is 11.0. The molecular formula is C29H26N6O3. The van der Waals surface area contributed by atoms with Crippen LogP contribution in [0.4, 0.5) is 0 Å². The number of aromatic nitrogens is 6. The molecule has 9 nitrogen and oxygen atoms in total. The quantitative estimate of drug-likeness (QED) is 0.284. The van der Waals surface area contributed by atoms with Gasteiger partial charge in [-0.25, -0.2) is 9.78 Å². The summed E-state index contributed by atoms with van der Waals surface area (Å²) in [5.41, 5.74) is 6.99. The number of benzene rings is 3. The fourth-order valence-corrected chi connectivity index (χ4v) is 4.32. The highest BCUT2D eigenvalue weighted by Gasteiger charge is 2.16. The highest BCUT2D eigenvalue weighted by Crippen LogP contribution is 2.30. The number of aromatic carboxylic acids is 1. The van der Waals surface area contributed by atoms with Crippen LogP contribution in [0.1, 0.15) is 45.5 Å². The molecule has 190 valence electrons. The molecule has 0 unspecified atom stereocenters. The maximum atomic E-state index is 11.2. The molecule has 5 rings (SSSR count). The first-order valence-electron chi connectivity index (χ1n) is 12.3. The number of H-pyrrole nitrogens is 1. The van der Waals surface area contributed by atoms with Crippen LogP contribution in [0.5, 0.6) is 5.88 Å². The molecule has 0 amide bonds. The number of nitrogens with zero attached hydrogens (tertiary/aromatic N) is 5. The van der Waals surface area contributed by atoms with Crippen LogP contribution in [-0.4, -0.2) is 41.7 Å². The molecule has 3 aromatic carbocycles. The molecule has 0 saturated carbocycles. The summed E-state index contributed by atoms with van der Waals surface area (Å²) >= 11 is 0. The number of aryl methyl sites for hydroxylation is 2. The molecule has 0 aliphatic carbocycles. The van der Waals surface area contributed by atoms with Crippen LogP contribution in [0, 0.1) is 6.92 Å². The second-order valence-electron chi connectivity index (χ2n) is 8.80. The lowest BCUT2D eigenvalue weighted by molar-refractivity contribution is 0.0697. The Morgan fingerprint density at radius 1 is 0.921 bits per heavy atom. The minimum Gasteiger partial charge on any atom is -0.478 e. The monoisotopic (exact) mass is 506 g/mol. The Bertz CT molecular complexity index is 1550. The summed E-state index contributed by atoms with van der Waals surface area (Å²) in [7, 11) is 0. The van der Waals surface area contributed by atoms with E-state index < -0.39 is 5.97 Å². The summed E-state index contributed by atoms with van der Waals surface area (Å²) < 4.78 is 6.23. The fourth-order valence-electron chi connectivity index (χ4n) is 4.32. The zero-order valence-electron chi connectivity index (χ0n) is 21.0. The minimum atomic E-state index is -0.946. The van der Waals surface area contributed by atoms with E-state index in [2.05, 4.69) is 30.6 Å². The molecule has 2 heterocycles. The molecule has 9 heteroatoms. The van der Waals surface area contributed by atoms with Gasteiger partial charge in [-0.2, -0.15) is 10.2 Å². The highest BCUT2D eigenvalue weighted by molar-refractivity contribution is 5.87. The SMILES string of the molecule is CCc1nc(C)nc(OCc2ccc(-c3ccccc3-c3nn[nH]n3)cc2)c1Cc1ccc(C(=O)O)cc1. The molecule has 0 saturated heterocycles. The van der Waals surface area contributed by atoms with Crippen molar-refractivity contribution in [2.24, 2.45) is 0 Å². The van der Waals surface area contributed by atoms with Gasteiger partial charge in [0.25, 0.3) is 0 Å². The topological polar surface area (TPSA) is 127 Å². The van der Waals surface area contributed by atoms with Crippen LogP contribution in [0.15, 0.2) is 72.8 Å². The number of carboxylic acid groups (broad SMARTS) is 1. The Morgan fingerprint density at radius 2 is 1.63 bits per heavy atom. The van der Waals surface area contributed by atoms with E-state index in [-0.39, 0.29) is 5.56 Å². The fraction of sp³-hybridized carbons (Fsp3) is 0.172. The smallest absolute Gasteiger partial charge is 0.335 e. The van der Waals surface area contributed by atoms with E-state index >= 15 is 0 Å². The van der Waals surface area contributed by atoms with E-state index in [0.717, 1.165) is 45.5 Å². The predicted molar refractivity (Wildman–Crippen MR) is 142 cm³/mol. The number of hydrogen-bond donors (Lipinski definition) is 2. The molecule has 0 atom stereocenters. The summed E-state index contributed by atoms with van der Waals surface area (Å²) in [5.74, 6) is 0.792. The summed E-state index contributed by atoms with van der Waals surface area (Å²) in [4.78, 5) is 20.4. The van der Waals surface area contributed by atoms with Crippen LogP contribution < -0.4 is 4.74 Å². The Morgan fingerprint density at radius 3 is 2.29 bits per heavy atom. The summed E-state index contributed by atoms with van der Waals surface area (Å²) in [6.45, 7) is 4.25. The number of carbonyl (C=O) groups is 1. The molecular weight excluding hydrogens is 480 g/mol. The molecule has 0 aliphatic heterocycles. The van der Waals surface area contributed by atoms with Gasteiger partial charge >= 0.3 is 5.97 Å². The first-order valence-corrected chi connectivity index (χ1v) is 12.3. The Labute approximate surface area is 219 Å². The number of aromatic amines is 1. The normalized spacial score (nSPS) is 10.9. The van der Waals surface area contributed by atoms with Crippen molar-refractivity contribution >= 4 is 5.97 Å². The molecule has 2 N–H and O–H groups in total. The third-order valence-electron chi connectivity index (χ3n) is 6.24. The Hall–Kier alpha value is -4.92. The van der Waals surface area contributed by atoms with Crippen molar-refractivity contribution in [1.29, 1.82) is 0 Å². The van der Waals surface area contributed by atoms with E-state index in [0.29, 0.717) is 30.6 Å². The first-order chi connectivity index (χ1) is 18.5. The van der Waals surface area contributed by atoms with Crippen LogP contribution in [-0.2, 0) is 19.4 Å². The average Bonchev–Trinajstić information content (AvgIpc) is 3.48. The third kappa shape index (κ3) is 5.41. The van der Waals surface area contributed by atoms with Crippen molar-refractivity contribution in [3.63, 3.8) is 0 Å². The molecule has 0 bridgehead atoms. The zero-order chi connectivity index (χ0) is 26.5. The van der Waals surface area contributed by atoms with Crippen molar-refractivity contribution in [1.82, 2.24) is 30.6 Å². The number of carboxylic acids is 1. The van der Waals surface area contributed by atoms with Crippen LogP contribution in [0.25, 0.3) is 22.5 Å². The van der Waals surface area contributed by atoms with Gasteiger partial charge in [-0.3, -0.25) is 0 Å². The summed E-state index contributed by atoms with van der Waals surface area (Å²) in [6.07, 6.45) is 1.28. The highest BCUT2D eigenvalue weighted by atomic mass is 16.5. The Kier molecular flexibility index (Phi) is 7.17. The standard InChI is InChI=1S/C29H26N6O3/c1-3-26-25(16-19-8-14-22(15-9-19)29(36)37)28(31-18(2)30-26)38-17-20-10-12-21(13-11-20)23-6-4-5-7-24(23)27-32-34-35-33-27/h4-15H,3,16-17H2,1-2H3,(H,36,37)(H,32,33,34,35). The summed E-state index contributed by atoms with van der Waals surface area (Å²) in [5, 5.41) is 23.6. The predicted octanol–water partition coefficient (Wildman–Crippen LogP) is 5.06. The maximum absolute atomic E-state index is 11.2. The molecule has 0 aliphatic rings. The molecule has 0 fully saturated rings. The van der Waals surface area contributed by atoms with E-state index in [4.69, 9.17) is 4.74 Å². The van der Waals surface area contributed by atoms with E-state index in [1.165, 1.54) is 0 Å². The molecule has 38 heavy (non-hydrogen) atoms. The van der Waals surface area contributed by atoms with Gasteiger partial charge in [0.1, 0.15) is 12.4 Å². The first kappa shape index (κ1) is 24.8. The number of tetrazole rings is 1. The van der Waals surface area contributed by atoms with Crippen molar-refractivity contribution in [3.8, 4) is 28.4 Å².